The highest BCUT2D eigenvalue weighted by Gasteiger charge is 2.33. The molecule has 0 saturated carbocycles. The molecule has 0 aromatic heterocycles. The first-order chi connectivity index (χ1) is 11.1. The molecule has 5 unspecified atom stereocenters. The molecule has 0 aromatic rings. The van der Waals surface area contributed by atoms with Gasteiger partial charge in [-0.2, -0.15) is 0 Å². The van der Waals surface area contributed by atoms with Crippen LogP contribution in [-0.2, 0) is 4.79 Å². The minimum Gasteiger partial charge on any atom is -0.479 e. The van der Waals surface area contributed by atoms with Crippen LogP contribution in [0.5, 0.6) is 0 Å². The average molecular weight is 352 g/mol. The van der Waals surface area contributed by atoms with Crippen molar-refractivity contribution in [3.63, 3.8) is 0 Å². The number of allylic oxidation sites excluding steroid dienone is 2. The lowest BCUT2D eigenvalue weighted by molar-refractivity contribution is -0.164. The number of aliphatic hydroxyl groups is 6. The van der Waals surface area contributed by atoms with E-state index in [0.29, 0.717) is 12.5 Å². The predicted octanol–water partition coefficient (Wildman–Crippen LogP) is -0.742. The van der Waals surface area contributed by atoms with Crippen molar-refractivity contribution in [3.8, 4) is 0 Å². The van der Waals surface area contributed by atoms with Crippen molar-refractivity contribution in [3.05, 3.63) is 11.6 Å². The van der Waals surface area contributed by atoms with Gasteiger partial charge in [-0.25, -0.2) is 4.79 Å². The Morgan fingerprint density at radius 2 is 1.54 bits per heavy atom. The van der Waals surface area contributed by atoms with Crippen LogP contribution in [0.1, 0.15) is 40.0 Å². The van der Waals surface area contributed by atoms with Gasteiger partial charge in [0.1, 0.15) is 18.3 Å². The molecule has 7 N–H and O–H groups in total. The highest BCUT2D eigenvalue weighted by molar-refractivity contribution is 5.72. The molecule has 0 aromatic carbocycles. The third-order valence-corrected chi connectivity index (χ3v) is 3.34. The van der Waals surface area contributed by atoms with Crippen molar-refractivity contribution >= 4 is 5.97 Å². The van der Waals surface area contributed by atoms with E-state index in [1.54, 1.807) is 0 Å². The Labute approximate surface area is 142 Å². The number of carboxylic acid groups (broad SMARTS) is 1. The summed E-state index contributed by atoms with van der Waals surface area (Å²) in [6, 6.07) is 0. The van der Waals surface area contributed by atoms with Crippen molar-refractivity contribution < 1.29 is 40.5 Å². The number of aliphatic carboxylic acids is 1. The van der Waals surface area contributed by atoms with Gasteiger partial charge < -0.3 is 35.7 Å². The highest BCUT2D eigenvalue weighted by atomic mass is 16.4. The molecule has 0 saturated heterocycles. The van der Waals surface area contributed by atoms with Gasteiger partial charge >= 0.3 is 5.97 Å². The molecule has 144 valence electrons. The van der Waals surface area contributed by atoms with Crippen LogP contribution in [0.3, 0.4) is 0 Å². The van der Waals surface area contributed by atoms with Gasteiger partial charge in [-0.3, -0.25) is 0 Å². The lowest BCUT2D eigenvalue weighted by Gasteiger charge is -2.23. The highest BCUT2D eigenvalue weighted by Crippen LogP contribution is 2.10. The molecule has 0 rings (SSSR count). The van der Waals surface area contributed by atoms with Gasteiger partial charge in [-0.15, -0.1) is 0 Å². The van der Waals surface area contributed by atoms with Gasteiger partial charge in [-0.05, 0) is 39.0 Å². The van der Waals surface area contributed by atoms with E-state index >= 15 is 0 Å². The molecule has 24 heavy (non-hydrogen) atoms. The number of aliphatic hydroxyl groups excluding tert-OH is 6. The van der Waals surface area contributed by atoms with Gasteiger partial charge in [0.05, 0.1) is 6.61 Å². The first kappa shape index (κ1) is 25.2. The molecule has 0 aliphatic rings. The number of hydrogen-bond donors (Lipinski definition) is 7. The van der Waals surface area contributed by atoms with Crippen LogP contribution in [0, 0.1) is 5.92 Å². The fourth-order valence-electron chi connectivity index (χ4n) is 1.69. The molecule has 0 aliphatic heterocycles. The molecule has 0 spiro atoms. The summed E-state index contributed by atoms with van der Waals surface area (Å²) < 4.78 is 0. The second kappa shape index (κ2) is 14.3. The van der Waals surface area contributed by atoms with Gasteiger partial charge in [0, 0.05) is 6.61 Å². The summed E-state index contributed by atoms with van der Waals surface area (Å²) in [4.78, 5) is 10.1. The van der Waals surface area contributed by atoms with Crippen LogP contribution in [0.4, 0.5) is 0 Å². The lowest BCUT2D eigenvalue weighted by Crippen LogP contribution is -2.48. The van der Waals surface area contributed by atoms with Crippen LogP contribution in [0.25, 0.3) is 0 Å². The molecule has 0 aliphatic carbocycles. The molecule has 0 heterocycles. The quantitative estimate of drug-likeness (QED) is 0.253. The lowest BCUT2D eigenvalue weighted by atomic mass is 10.0. The minimum atomic E-state index is -2.20. The van der Waals surface area contributed by atoms with E-state index < -0.39 is 37.0 Å². The first-order valence-corrected chi connectivity index (χ1v) is 7.88. The van der Waals surface area contributed by atoms with Crippen molar-refractivity contribution in [2.45, 2.75) is 64.4 Å². The molecular weight excluding hydrogens is 320 g/mol. The molecule has 8 nitrogen and oxygen atoms in total. The zero-order valence-electron chi connectivity index (χ0n) is 14.5. The Balaban J connectivity index is 0. The Hall–Kier alpha value is -1.03. The maximum Gasteiger partial charge on any atom is 0.335 e. The molecule has 0 fully saturated rings. The Kier molecular flexibility index (Phi) is 15.0. The van der Waals surface area contributed by atoms with Crippen molar-refractivity contribution in [2.24, 2.45) is 5.92 Å². The molecule has 0 amide bonds. The SMILES string of the molecule is CC(C)=CCCC(C)CCO.O=C(O)C(O)C(O)C(O)C(O)CO. The summed E-state index contributed by atoms with van der Waals surface area (Å²) >= 11 is 0. The van der Waals surface area contributed by atoms with Gasteiger partial charge in [0.15, 0.2) is 6.10 Å². The zero-order valence-corrected chi connectivity index (χ0v) is 14.5. The second-order valence-electron chi connectivity index (χ2n) is 5.99. The van der Waals surface area contributed by atoms with E-state index in [0.717, 1.165) is 12.8 Å². The Morgan fingerprint density at radius 3 is 1.92 bits per heavy atom. The zero-order chi connectivity index (χ0) is 19.3. The predicted molar refractivity (Wildman–Crippen MR) is 88.3 cm³/mol. The van der Waals surface area contributed by atoms with Gasteiger partial charge in [0.25, 0.3) is 0 Å². The first-order valence-electron chi connectivity index (χ1n) is 7.88. The van der Waals surface area contributed by atoms with E-state index in [2.05, 4.69) is 26.8 Å². The van der Waals surface area contributed by atoms with Crippen LogP contribution in [0.15, 0.2) is 11.6 Å². The Bertz CT molecular complexity index is 354. The van der Waals surface area contributed by atoms with E-state index in [9.17, 15) is 4.79 Å². The normalized spacial score (nSPS) is 16.9. The maximum atomic E-state index is 10.1. The third kappa shape index (κ3) is 12.4. The van der Waals surface area contributed by atoms with Crippen LogP contribution < -0.4 is 0 Å². The Morgan fingerprint density at radius 1 is 1.00 bits per heavy atom. The molecule has 0 bridgehead atoms. The van der Waals surface area contributed by atoms with Gasteiger partial charge in [-0.1, -0.05) is 18.6 Å². The second-order valence-corrected chi connectivity index (χ2v) is 5.99. The topological polar surface area (TPSA) is 159 Å². The standard InChI is InChI=1S/C10H20O.C6H12O7/c1-9(2)5-4-6-10(3)7-8-11;7-1-2(8)3(9)4(10)5(11)6(12)13/h5,10-11H,4,6-8H2,1-3H3;2-5,7-11H,1H2,(H,12,13). The number of carboxylic acids is 1. The van der Waals surface area contributed by atoms with Crippen LogP contribution in [0.2, 0.25) is 0 Å². The average Bonchev–Trinajstić information content (AvgIpc) is 2.52. The third-order valence-electron chi connectivity index (χ3n) is 3.34. The summed E-state index contributed by atoms with van der Waals surface area (Å²) in [6.45, 7) is 5.92. The summed E-state index contributed by atoms with van der Waals surface area (Å²) in [5.74, 6) is -1.06. The smallest absolute Gasteiger partial charge is 0.335 e. The monoisotopic (exact) mass is 352 g/mol. The van der Waals surface area contributed by atoms with Crippen molar-refractivity contribution in [2.75, 3.05) is 13.2 Å². The van der Waals surface area contributed by atoms with E-state index in [-0.39, 0.29) is 0 Å². The van der Waals surface area contributed by atoms with Gasteiger partial charge in [0.2, 0.25) is 0 Å². The van der Waals surface area contributed by atoms with Crippen LogP contribution >= 0.6 is 0 Å². The molecule has 5 atom stereocenters. The van der Waals surface area contributed by atoms with E-state index in [1.807, 2.05) is 0 Å². The molecule has 0 radical (unpaired) electrons. The number of rotatable bonds is 10. The minimum absolute atomic E-state index is 0.329. The van der Waals surface area contributed by atoms with E-state index in [4.69, 9.17) is 35.7 Å². The molecular formula is C16H32O8. The van der Waals surface area contributed by atoms with E-state index in [1.165, 1.54) is 12.0 Å². The fraction of sp³-hybridized carbons (Fsp3) is 0.812. The fourth-order valence-corrected chi connectivity index (χ4v) is 1.69. The largest absolute Gasteiger partial charge is 0.479 e. The van der Waals surface area contributed by atoms with Crippen molar-refractivity contribution in [1.29, 1.82) is 0 Å². The summed E-state index contributed by atoms with van der Waals surface area (Å²) in [5, 5.41) is 60.4. The summed E-state index contributed by atoms with van der Waals surface area (Å²) in [6.07, 6.45) is -2.28. The van der Waals surface area contributed by atoms with Crippen molar-refractivity contribution in [1.82, 2.24) is 0 Å². The number of hydrogen-bond acceptors (Lipinski definition) is 7. The summed E-state index contributed by atoms with van der Waals surface area (Å²) in [7, 11) is 0. The molecule has 8 heteroatoms. The maximum absolute atomic E-state index is 10.1. The summed E-state index contributed by atoms with van der Waals surface area (Å²) in [5.41, 5.74) is 1.39. The number of carbonyl (C=O) groups is 1. The van der Waals surface area contributed by atoms with Crippen LogP contribution in [-0.4, -0.2) is 79.3 Å².